The van der Waals surface area contributed by atoms with Crippen molar-refractivity contribution in [3.8, 4) is 0 Å². The fraction of sp³-hybridized carbons (Fsp3) is 0.667. The maximum absolute atomic E-state index is 12.5. The highest BCUT2D eigenvalue weighted by Gasteiger charge is 2.25. The molecule has 0 spiro atoms. The van der Waals surface area contributed by atoms with Crippen LogP contribution in [0.25, 0.3) is 11.0 Å². The van der Waals surface area contributed by atoms with Crippen molar-refractivity contribution in [1.82, 2.24) is 25.1 Å². The first-order chi connectivity index (χ1) is 12.2. The van der Waals surface area contributed by atoms with Gasteiger partial charge in [0.15, 0.2) is 5.65 Å². The summed E-state index contributed by atoms with van der Waals surface area (Å²) in [6.45, 7) is 11.3. The number of rotatable bonds is 3. The average molecular weight is 360 g/mol. The average Bonchev–Trinajstić information content (AvgIpc) is 2.99. The van der Waals surface area contributed by atoms with Gasteiger partial charge in [-0.05, 0) is 33.6 Å². The van der Waals surface area contributed by atoms with Crippen LogP contribution in [0.4, 0.5) is 5.95 Å². The van der Waals surface area contributed by atoms with Crippen molar-refractivity contribution in [3.05, 3.63) is 16.6 Å². The maximum Gasteiger partial charge on any atom is 0.263 e. The Bertz CT molecular complexity index is 861. The van der Waals surface area contributed by atoms with E-state index in [-0.39, 0.29) is 29.0 Å². The molecule has 8 heteroatoms. The van der Waals surface area contributed by atoms with Crippen LogP contribution < -0.4 is 15.8 Å². The lowest BCUT2D eigenvalue weighted by Gasteiger charge is -2.33. The summed E-state index contributed by atoms with van der Waals surface area (Å²) < 4.78 is 1.78. The first-order valence-corrected chi connectivity index (χ1v) is 9.20. The van der Waals surface area contributed by atoms with Crippen LogP contribution in [0.3, 0.4) is 0 Å². The van der Waals surface area contributed by atoms with Crippen LogP contribution in [0.1, 0.15) is 47.5 Å². The number of H-pyrrole nitrogens is 1. The quantitative estimate of drug-likeness (QED) is 0.867. The van der Waals surface area contributed by atoms with Crippen molar-refractivity contribution < 1.29 is 4.79 Å². The second kappa shape index (κ2) is 6.74. The predicted octanol–water partition coefficient (Wildman–Crippen LogP) is 1.62. The molecule has 1 fully saturated rings. The Labute approximate surface area is 153 Å². The Morgan fingerprint density at radius 1 is 1.38 bits per heavy atom. The first kappa shape index (κ1) is 18.4. The summed E-state index contributed by atoms with van der Waals surface area (Å²) in [6, 6.07) is 0.0622. The summed E-state index contributed by atoms with van der Waals surface area (Å²) in [7, 11) is 0. The number of carbonyl (C=O) groups excluding carboxylic acids is 1. The molecule has 2 N–H and O–H groups in total. The second-order valence-electron chi connectivity index (χ2n) is 8.30. The van der Waals surface area contributed by atoms with Crippen LogP contribution in [-0.4, -0.2) is 44.8 Å². The van der Waals surface area contributed by atoms with Crippen molar-refractivity contribution in [3.63, 3.8) is 0 Å². The van der Waals surface area contributed by atoms with Gasteiger partial charge >= 0.3 is 0 Å². The number of amides is 1. The summed E-state index contributed by atoms with van der Waals surface area (Å²) in [5.41, 5.74) is 0.133. The zero-order valence-electron chi connectivity index (χ0n) is 16.2. The van der Waals surface area contributed by atoms with Gasteiger partial charge in [0.25, 0.3) is 5.56 Å². The topological polar surface area (TPSA) is 95.9 Å². The normalized spacial score (nSPS) is 18.5. The molecule has 2 aromatic heterocycles. The molecule has 1 saturated heterocycles. The van der Waals surface area contributed by atoms with E-state index in [4.69, 9.17) is 4.98 Å². The minimum absolute atomic E-state index is 0.0409. The standard InChI is InChI=1S/C18H28N6O2/c1-11(2)15(25)20-12-7-6-8-23(10-12)17-21-14-13(16(26)22-17)9-19-24(14)18(3,4)5/h9,11-12H,6-8,10H2,1-5H3,(H,20,25)(H,21,22,26). The number of nitrogens with zero attached hydrogens (tertiary/aromatic N) is 4. The lowest BCUT2D eigenvalue weighted by Crippen LogP contribution is -2.49. The maximum atomic E-state index is 12.5. The molecule has 1 aliphatic heterocycles. The van der Waals surface area contributed by atoms with Crippen LogP contribution in [0.15, 0.2) is 11.0 Å². The SMILES string of the molecule is CC(C)C(=O)NC1CCCN(c2nc3c(cnn3C(C)(C)C)c(=O)[nH]2)C1. The van der Waals surface area contributed by atoms with Gasteiger partial charge in [0.2, 0.25) is 11.9 Å². The highest BCUT2D eigenvalue weighted by Crippen LogP contribution is 2.21. The molecule has 0 aliphatic carbocycles. The molecule has 3 rings (SSSR count). The van der Waals surface area contributed by atoms with Gasteiger partial charge in [0.05, 0.1) is 11.7 Å². The number of nitrogens with one attached hydrogen (secondary N) is 2. The summed E-state index contributed by atoms with van der Waals surface area (Å²) in [6.07, 6.45) is 3.43. The number of fused-ring (bicyclic) bond motifs is 1. The molecular formula is C18H28N6O2. The van der Waals surface area contributed by atoms with Gasteiger partial charge in [-0.15, -0.1) is 0 Å². The fourth-order valence-electron chi connectivity index (χ4n) is 3.20. The van der Waals surface area contributed by atoms with E-state index in [0.29, 0.717) is 23.5 Å². The van der Waals surface area contributed by atoms with Crippen LogP contribution in [0, 0.1) is 5.92 Å². The summed E-state index contributed by atoms with van der Waals surface area (Å²) >= 11 is 0. The zero-order chi connectivity index (χ0) is 19.1. The second-order valence-corrected chi connectivity index (χ2v) is 8.30. The Hall–Kier alpha value is -2.38. The van der Waals surface area contributed by atoms with Gasteiger partial charge in [-0.25, -0.2) is 4.68 Å². The summed E-state index contributed by atoms with van der Waals surface area (Å²) in [5, 5.41) is 7.92. The van der Waals surface area contributed by atoms with Crippen LogP contribution in [0.2, 0.25) is 0 Å². The molecule has 0 aromatic carbocycles. The van der Waals surface area contributed by atoms with Gasteiger partial charge in [-0.1, -0.05) is 13.8 Å². The molecule has 2 aromatic rings. The number of aromatic amines is 1. The molecular weight excluding hydrogens is 332 g/mol. The van der Waals surface area contributed by atoms with E-state index >= 15 is 0 Å². The molecule has 0 radical (unpaired) electrons. The first-order valence-electron chi connectivity index (χ1n) is 9.20. The van der Waals surface area contributed by atoms with Crippen molar-refractivity contribution in [2.45, 2.75) is 59.0 Å². The van der Waals surface area contributed by atoms with Crippen LogP contribution in [0.5, 0.6) is 0 Å². The number of piperidine rings is 1. The summed E-state index contributed by atoms with van der Waals surface area (Å²) in [5.74, 6) is 0.553. The van der Waals surface area contributed by atoms with E-state index in [1.807, 2.05) is 39.5 Å². The third-order valence-electron chi connectivity index (χ3n) is 4.65. The lowest BCUT2D eigenvalue weighted by molar-refractivity contribution is -0.124. The Kier molecular flexibility index (Phi) is 4.77. The predicted molar refractivity (Wildman–Crippen MR) is 101 cm³/mol. The molecule has 1 atom stereocenters. The van der Waals surface area contributed by atoms with Crippen molar-refractivity contribution in [1.29, 1.82) is 0 Å². The molecule has 0 saturated carbocycles. The zero-order valence-corrected chi connectivity index (χ0v) is 16.2. The number of carbonyl (C=O) groups is 1. The lowest BCUT2D eigenvalue weighted by atomic mass is 10.0. The van der Waals surface area contributed by atoms with E-state index < -0.39 is 0 Å². The minimum atomic E-state index is -0.268. The van der Waals surface area contributed by atoms with E-state index in [1.165, 1.54) is 0 Å². The monoisotopic (exact) mass is 360 g/mol. The highest BCUT2D eigenvalue weighted by molar-refractivity contribution is 5.78. The highest BCUT2D eigenvalue weighted by atomic mass is 16.2. The number of aromatic nitrogens is 4. The largest absolute Gasteiger partial charge is 0.351 e. The van der Waals surface area contributed by atoms with Crippen LogP contribution in [-0.2, 0) is 10.3 Å². The molecule has 1 aliphatic rings. The third-order valence-corrected chi connectivity index (χ3v) is 4.65. The number of anilines is 1. The number of hydrogen-bond donors (Lipinski definition) is 2. The molecule has 8 nitrogen and oxygen atoms in total. The van der Waals surface area contributed by atoms with Crippen molar-refractivity contribution in [2.75, 3.05) is 18.0 Å². The van der Waals surface area contributed by atoms with E-state index in [0.717, 1.165) is 19.4 Å². The van der Waals surface area contributed by atoms with Crippen LogP contribution >= 0.6 is 0 Å². The van der Waals surface area contributed by atoms with Gasteiger partial charge in [0.1, 0.15) is 5.39 Å². The van der Waals surface area contributed by atoms with Gasteiger partial charge in [-0.3, -0.25) is 14.6 Å². The van der Waals surface area contributed by atoms with Gasteiger partial charge in [0, 0.05) is 25.0 Å². The summed E-state index contributed by atoms with van der Waals surface area (Å²) in [4.78, 5) is 34.1. The molecule has 1 unspecified atom stereocenters. The van der Waals surface area contributed by atoms with Crippen molar-refractivity contribution >= 4 is 22.9 Å². The minimum Gasteiger partial charge on any atom is -0.351 e. The molecule has 1 amide bonds. The molecule has 26 heavy (non-hydrogen) atoms. The molecule has 3 heterocycles. The Morgan fingerprint density at radius 3 is 2.77 bits per heavy atom. The Balaban J connectivity index is 1.90. The molecule has 142 valence electrons. The third kappa shape index (κ3) is 3.59. The smallest absolute Gasteiger partial charge is 0.263 e. The molecule has 0 bridgehead atoms. The van der Waals surface area contributed by atoms with E-state index in [1.54, 1.807) is 10.9 Å². The van der Waals surface area contributed by atoms with E-state index in [2.05, 4.69) is 15.4 Å². The Morgan fingerprint density at radius 2 is 2.12 bits per heavy atom. The van der Waals surface area contributed by atoms with Crippen molar-refractivity contribution in [2.24, 2.45) is 5.92 Å². The van der Waals surface area contributed by atoms with Gasteiger partial charge < -0.3 is 10.2 Å². The van der Waals surface area contributed by atoms with Gasteiger partial charge in [-0.2, -0.15) is 10.1 Å². The number of hydrogen-bond acceptors (Lipinski definition) is 5. The fourth-order valence-corrected chi connectivity index (χ4v) is 3.20. The van der Waals surface area contributed by atoms with E-state index in [9.17, 15) is 9.59 Å².